The SMILES string of the molecule is Cc1nc(Cl)nc(N2CCC(C(=O)N3OCC[C@H]3c3cnccn3)CC2)n1. The van der Waals surface area contributed by atoms with Crippen LogP contribution in [0.15, 0.2) is 18.6 Å². The maximum Gasteiger partial charge on any atom is 0.250 e. The number of hydrogen-bond acceptors (Lipinski definition) is 8. The fourth-order valence-electron chi connectivity index (χ4n) is 3.52. The average Bonchev–Trinajstić information content (AvgIpc) is 3.17. The van der Waals surface area contributed by atoms with Gasteiger partial charge in [-0.3, -0.25) is 19.6 Å². The van der Waals surface area contributed by atoms with Crippen molar-refractivity contribution in [2.45, 2.75) is 32.2 Å². The third-order valence-electron chi connectivity index (χ3n) is 4.88. The number of rotatable bonds is 3. The van der Waals surface area contributed by atoms with Crippen molar-refractivity contribution in [2.75, 3.05) is 24.6 Å². The van der Waals surface area contributed by atoms with E-state index in [9.17, 15) is 4.79 Å². The molecule has 0 saturated carbocycles. The molecule has 2 fully saturated rings. The molecule has 0 N–H and O–H groups in total. The van der Waals surface area contributed by atoms with E-state index >= 15 is 0 Å². The minimum Gasteiger partial charge on any atom is -0.341 e. The van der Waals surface area contributed by atoms with Gasteiger partial charge in [-0.2, -0.15) is 9.97 Å². The zero-order valence-electron chi connectivity index (χ0n) is 15.0. The number of halogens is 1. The standard InChI is InChI=1S/C17H20ClN7O2/c1-11-21-16(18)23-17(22-11)24-7-2-12(3-8-24)15(26)25-14(4-9-27-25)13-10-19-5-6-20-13/h5-6,10,12,14H,2-4,7-9H2,1H3/t14-/m0/s1. The van der Waals surface area contributed by atoms with E-state index in [1.165, 1.54) is 5.06 Å². The van der Waals surface area contributed by atoms with E-state index in [1.54, 1.807) is 25.5 Å². The van der Waals surface area contributed by atoms with Crippen molar-refractivity contribution < 1.29 is 9.63 Å². The second-order valence-electron chi connectivity index (χ2n) is 6.64. The van der Waals surface area contributed by atoms with Crippen molar-refractivity contribution in [1.29, 1.82) is 0 Å². The first kappa shape index (κ1) is 18.0. The van der Waals surface area contributed by atoms with Crippen LogP contribution >= 0.6 is 11.6 Å². The van der Waals surface area contributed by atoms with E-state index in [4.69, 9.17) is 16.4 Å². The number of aryl methyl sites for hydroxylation is 1. The van der Waals surface area contributed by atoms with Crippen LogP contribution in [0.4, 0.5) is 5.95 Å². The summed E-state index contributed by atoms with van der Waals surface area (Å²) in [5.74, 6) is 1.05. The Kier molecular flexibility index (Phi) is 5.13. The molecule has 0 unspecified atom stereocenters. The molecule has 9 nitrogen and oxygen atoms in total. The molecule has 27 heavy (non-hydrogen) atoms. The molecular formula is C17H20ClN7O2. The highest BCUT2D eigenvalue weighted by atomic mass is 35.5. The summed E-state index contributed by atoms with van der Waals surface area (Å²) in [5, 5.41) is 1.68. The van der Waals surface area contributed by atoms with Crippen molar-refractivity contribution >= 4 is 23.5 Å². The van der Waals surface area contributed by atoms with E-state index in [-0.39, 0.29) is 23.2 Å². The van der Waals surface area contributed by atoms with Crippen LogP contribution in [0.25, 0.3) is 0 Å². The van der Waals surface area contributed by atoms with Gasteiger partial charge in [-0.1, -0.05) is 0 Å². The third kappa shape index (κ3) is 3.84. The first-order valence-electron chi connectivity index (χ1n) is 8.97. The minimum atomic E-state index is -0.172. The summed E-state index contributed by atoms with van der Waals surface area (Å²) < 4.78 is 0. The van der Waals surface area contributed by atoms with Crippen LogP contribution in [0.3, 0.4) is 0 Å². The van der Waals surface area contributed by atoms with Gasteiger partial charge in [0.1, 0.15) is 11.9 Å². The number of carbonyl (C=O) groups is 1. The Labute approximate surface area is 161 Å². The summed E-state index contributed by atoms with van der Waals surface area (Å²) in [6.45, 7) is 3.65. The number of nitrogens with zero attached hydrogens (tertiary/aromatic N) is 7. The van der Waals surface area contributed by atoms with Gasteiger partial charge in [-0.15, -0.1) is 0 Å². The van der Waals surface area contributed by atoms with Gasteiger partial charge >= 0.3 is 0 Å². The van der Waals surface area contributed by atoms with Gasteiger partial charge in [0.25, 0.3) is 0 Å². The second kappa shape index (κ2) is 7.69. The molecule has 142 valence electrons. The van der Waals surface area contributed by atoms with Gasteiger partial charge in [0, 0.05) is 37.8 Å². The van der Waals surface area contributed by atoms with Crippen LogP contribution in [0.2, 0.25) is 5.28 Å². The number of carbonyl (C=O) groups excluding carboxylic acids is 1. The molecule has 0 aromatic carbocycles. The zero-order chi connectivity index (χ0) is 18.8. The maximum atomic E-state index is 13.0. The van der Waals surface area contributed by atoms with Crippen LogP contribution < -0.4 is 4.90 Å². The number of hydrogen-bond donors (Lipinski definition) is 0. The van der Waals surface area contributed by atoms with Crippen molar-refractivity contribution in [1.82, 2.24) is 30.0 Å². The molecule has 0 aliphatic carbocycles. The normalized spacial score (nSPS) is 20.9. The highest BCUT2D eigenvalue weighted by Crippen LogP contribution is 2.32. The summed E-state index contributed by atoms with van der Waals surface area (Å²) in [6, 6.07) is -0.172. The Balaban J connectivity index is 1.41. The summed E-state index contributed by atoms with van der Waals surface area (Å²) in [4.78, 5) is 41.6. The lowest BCUT2D eigenvalue weighted by molar-refractivity contribution is -0.182. The number of amides is 1. The van der Waals surface area contributed by atoms with Crippen molar-refractivity contribution in [2.24, 2.45) is 5.92 Å². The number of piperidine rings is 1. The van der Waals surface area contributed by atoms with Crippen LogP contribution in [0.5, 0.6) is 0 Å². The molecular weight excluding hydrogens is 370 g/mol. The monoisotopic (exact) mass is 389 g/mol. The topological polar surface area (TPSA) is 97.2 Å². The Hall–Kier alpha value is -2.39. The van der Waals surface area contributed by atoms with Crippen LogP contribution in [0, 0.1) is 12.8 Å². The first-order chi connectivity index (χ1) is 13.1. The average molecular weight is 390 g/mol. The molecule has 2 aliphatic heterocycles. The number of aromatic nitrogens is 5. The van der Waals surface area contributed by atoms with E-state index < -0.39 is 0 Å². The lowest BCUT2D eigenvalue weighted by Crippen LogP contribution is -2.42. The molecule has 0 bridgehead atoms. The lowest BCUT2D eigenvalue weighted by atomic mass is 9.95. The van der Waals surface area contributed by atoms with Gasteiger partial charge in [-0.05, 0) is 31.4 Å². The van der Waals surface area contributed by atoms with Crippen LogP contribution in [-0.4, -0.2) is 55.6 Å². The Morgan fingerprint density at radius 3 is 2.70 bits per heavy atom. The second-order valence-corrected chi connectivity index (χ2v) is 6.98. The van der Waals surface area contributed by atoms with Crippen molar-refractivity contribution in [3.05, 3.63) is 35.4 Å². The van der Waals surface area contributed by atoms with Gasteiger partial charge in [0.05, 0.1) is 18.5 Å². The Morgan fingerprint density at radius 2 is 2.00 bits per heavy atom. The van der Waals surface area contributed by atoms with Crippen LogP contribution in [-0.2, 0) is 9.63 Å². The van der Waals surface area contributed by atoms with Crippen molar-refractivity contribution in [3.8, 4) is 0 Å². The van der Waals surface area contributed by atoms with Gasteiger partial charge in [0.2, 0.25) is 17.1 Å². The van der Waals surface area contributed by atoms with E-state index in [0.29, 0.717) is 44.3 Å². The Bertz CT molecular complexity index is 794. The fourth-order valence-corrected chi connectivity index (χ4v) is 3.72. The summed E-state index contributed by atoms with van der Waals surface area (Å²) in [6.07, 6.45) is 7.08. The predicted molar refractivity (Wildman–Crippen MR) is 96.7 cm³/mol. The third-order valence-corrected chi connectivity index (χ3v) is 5.05. The lowest BCUT2D eigenvalue weighted by Gasteiger charge is -2.33. The predicted octanol–water partition coefficient (Wildman–Crippen LogP) is 1.75. The molecule has 0 radical (unpaired) electrons. The first-order valence-corrected chi connectivity index (χ1v) is 9.34. The highest BCUT2D eigenvalue weighted by Gasteiger charge is 2.38. The molecule has 10 heteroatoms. The summed E-state index contributed by atoms with van der Waals surface area (Å²) in [5.41, 5.74) is 0.760. The summed E-state index contributed by atoms with van der Waals surface area (Å²) in [7, 11) is 0. The molecule has 2 aromatic heterocycles. The molecule has 1 amide bonds. The molecule has 2 aromatic rings. The molecule has 1 atom stereocenters. The smallest absolute Gasteiger partial charge is 0.250 e. The maximum absolute atomic E-state index is 13.0. The van der Waals surface area contributed by atoms with E-state index in [2.05, 4.69) is 24.9 Å². The van der Waals surface area contributed by atoms with Gasteiger partial charge in [-0.25, -0.2) is 10.0 Å². The quantitative estimate of drug-likeness (QED) is 0.783. The highest BCUT2D eigenvalue weighted by molar-refractivity contribution is 6.28. The minimum absolute atomic E-state index is 0.00710. The van der Waals surface area contributed by atoms with E-state index in [1.807, 2.05) is 4.90 Å². The number of anilines is 1. The zero-order valence-corrected chi connectivity index (χ0v) is 15.7. The van der Waals surface area contributed by atoms with Crippen LogP contribution in [0.1, 0.15) is 36.8 Å². The fraction of sp³-hybridized carbons (Fsp3) is 0.529. The molecule has 4 heterocycles. The Morgan fingerprint density at radius 1 is 1.19 bits per heavy atom. The molecule has 2 aliphatic rings. The largest absolute Gasteiger partial charge is 0.341 e. The van der Waals surface area contributed by atoms with Gasteiger partial charge < -0.3 is 4.90 Å². The molecule has 4 rings (SSSR count). The van der Waals surface area contributed by atoms with E-state index in [0.717, 1.165) is 12.1 Å². The van der Waals surface area contributed by atoms with Crippen molar-refractivity contribution in [3.63, 3.8) is 0 Å². The number of hydroxylamine groups is 2. The van der Waals surface area contributed by atoms with Gasteiger partial charge in [0.15, 0.2) is 0 Å². The molecule has 0 spiro atoms. The molecule has 2 saturated heterocycles. The summed E-state index contributed by atoms with van der Waals surface area (Å²) >= 11 is 5.93.